The highest BCUT2D eigenvalue weighted by Crippen LogP contribution is 2.25. The van der Waals surface area contributed by atoms with Crippen molar-refractivity contribution in [3.05, 3.63) is 71.8 Å². The fourth-order valence-electron chi connectivity index (χ4n) is 1.83. The molecule has 2 aromatic carbocycles. The molecule has 0 radical (unpaired) electrons. The Morgan fingerprint density at radius 3 is 1.65 bits per heavy atom. The van der Waals surface area contributed by atoms with E-state index < -0.39 is 6.04 Å². The van der Waals surface area contributed by atoms with Crippen LogP contribution < -0.4 is 0 Å². The molecule has 0 aliphatic rings. The lowest BCUT2D eigenvalue weighted by atomic mass is 9.99. The van der Waals surface area contributed by atoms with Crippen LogP contribution in [0.5, 0.6) is 0 Å². The molecule has 0 unspecified atom stereocenters. The van der Waals surface area contributed by atoms with Crippen molar-refractivity contribution in [2.24, 2.45) is 0 Å². The van der Waals surface area contributed by atoms with Crippen LogP contribution in [0.3, 0.4) is 0 Å². The molecule has 1 amide bonds. The molecule has 86 valence electrons. The number of benzene rings is 2. The van der Waals surface area contributed by atoms with Crippen molar-refractivity contribution in [1.82, 2.24) is 5.06 Å². The van der Waals surface area contributed by atoms with E-state index in [4.69, 9.17) is 0 Å². The number of hydroxylamine groups is 2. The fourth-order valence-corrected chi connectivity index (χ4v) is 1.83. The Hall–Kier alpha value is -2.13. The van der Waals surface area contributed by atoms with Crippen LogP contribution in [0.25, 0.3) is 0 Å². The number of hydrogen-bond donors (Lipinski definition) is 1. The summed E-state index contributed by atoms with van der Waals surface area (Å²) in [6, 6.07) is 18.4. The number of rotatable bonds is 4. The highest BCUT2D eigenvalue weighted by atomic mass is 16.5. The van der Waals surface area contributed by atoms with Crippen LogP contribution in [0.2, 0.25) is 0 Å². The predicted molar refractivity (Wildman–Crippen MR) is 64.4 cm³/mol. The Labute approximate surface area is 99.9 Å². The second-order valence-electron chi connectivity index (χ2n) is 3.71. The van der Waals surface area contributed by atoms with E-state index in [0.717, 1.165) is 11.1 Å². The van der Waals surface area contributed by atoms with E-state index in [-0.39, 0.29) is 0 Å². The summed E-state index contributed by atoms with van der Waals surface area (Å²) in [6.45, 7) is 0. The van der Waals surface area contributed by atoms with E-state index in [1.807, 2.05) is 60.7 Å². The molecule has 0 spiro atoms. The third-order valence-corrected chi connectivity index (χ3v) is 2.60. The maximum Gasteiger partial charge on any atom is 0.234 e. The van der Waals surface area contributed by atoms with Gasteiger partial charge in [0.05, 0.1) is 0 Å². The second-order valence-corrected chi connectivity index (χ2v) is 3.71. The van der Waals surface area contributed by atoms with Gasteiger partial charge < -0.3 is 0 Å². The third kappa shape index (κ3) is 2.52. The molecule has 0 heterocycles. The minimum absolute atomic E-state index is 0.421. The monoisotopic (exact) mass is 227 g/mol. The van der Waals surface area contributed by atoms with Gasteiger partial charge in [0, 0.05) is 0 Å². The van der Waals surface area contributed by atoms with Crippen LogP contribution in [0, 0.1) is 0 Å². The smallest absolute Gasteiger partial charge is 0.234 e. The zero-order valence-corrected chi connectivity index (χ0v) is 9.23. The first-order valence-electron chi connectivity index (χ1n) is 5.35. The van der Waals surface area contributed by atoms with Crippen molar-refractivity contribution >= 4 is 6.41 Å². The van der Waals surface area contributed by atoms with Gasteiger partial charge in [-0.05, 0) is 11.1 Å². The standard InChI is InChI=1S/C14H13NO2/c16-11-15(17)14(12-7-3-1-4-8-12)13-9-5-2-6-10-13/h1-11,14,17H. The van der Waals surface area contributed by atoms with E-state index in [2.05, 4.69) is 0 Å². The molecule has 3 nitrogen and oxygen atoms in total. The zero-order valence-electron chi connectivity index (χ0n) is 9.23. The van der Waals surface area contributed by atoms with Gasteiger partial charge in [0.25, 0.3) is 0 Å². The van der Waals surface area contributed by atoms with Gasteiger partial charge in [-0.2, -0.15) is 0 Å². The number of amides is 1. The highest BCUT2D eigenvalue weighted by Gasteiger charge is 2.19. The number of hydrogen-bond acceptors (Lipinski definition) is 2. The topological polar surface area (TPSA) is 40.5 Å². The van der Waals surface area contributed by atoms with Gasteiger partial charge in [0.15, 0.2) is 0 Å². The molecule has 0 fully saturated rings. The molecule has 0 aliphatic carbocycles. The van der Waals surface area contributed by atoms with E-state index in [1.165, 1.54) is 0 Å². The number of carbonyl (C=O) groups excluding carboxylic acids is 1. The minimum Gasteiger partial charge on any atom is -0.285 e. The lowest BCUT2D eigenvalue weighted by molar-refractivity contribution is -0.157. The maximum atomic E-state index is 10.8. The second kappa shape index (κ2) is 5.27. The van der Waals surface area contributed by atoms with Crippen LogP contribution in [-0.4, -0.2) is 16.7 Å². The molecule has 3 heteroatoms. The SMILES string of the molecule is O=CN(O)C(c1ccccc1)c1ccccc1. The van der Waals surface area contributed by atoms with Crippen LogP contribution in [0.1, 0.15) is 17.2 Å². The maximum absolute atomic E-state index is 10.8. The molecule has 0 saturated heterocycles. The van der Waals surface area contributed by atoms with Crippen molar-refractivity contribution in [2.75, 3.05) is 0 Å². The van der Waals surface area contributed by atoms with Crippen LogP contribution >= 0.6 is 0 Å². The average molecular weight is 227 g/mol. The first-order chi connectivity index (χ1) is 8.33. The van der Waals surface area contributed by atoms with E-state index in [9.17, 15) is 10.0 Å². The first kappa shape index (κ1) is 11.4. The quantitative estimate of drug-likeness (QED) is 0.495. The van der Waals surface area contributed by atoms with Crippen molar-refractivity contribution in [3.8, 4) is 0 Å². The van der Waals surface area contributed by atoms with Crippen molar-refractivity contribution < 1.29 is 10.0 Å². The molecule has 0 aromatic heterocycles. The van der Waals surface area contributed by atoms with Gasteiger partial charge in [0.2, 0.25) is 6.41 Å². The first-order valence-corrected chi connectivity index (χ1v) is 5.35. The Morgan fingerprint density at radius 2 is 1.29 bits per heavy atom. The molecule has 0 aliphatic heterocycles. The average Bonchev–Trinajstić information content (AvgIpc) is 2.41. The van der Waals surface area contributed by atoms with Crippen LogP contribution in [0.15, 0.2) is 60.7 Å². The summed E-state index contributed by atoms with van der Waals surface area (Å²) in [6.07, 6.45) is 0.421. The van der Waals surface area contributed by atoms with Crippen molar-refractivity contribution in [1.29, 1.82) is 0 Å². The van der Waals surface area contributed by atoms with E-state index >= 15 is 0 Å². The van der Waals surface area contributed by atoms with Gasteiger partial charge >= 0.3 is 0 Å². The molecule has 2 aromatic rings. The Balaban J connectivity index is 2.43. The predicted octanol–water partition coefficient (Wildman–Crippen LogP) is 2.62. The largest absolute Gasteiger partial charge is 0.285 e. The van der Waals surface area contributed by atoms with Gasteiger partial charge in [-0.15, -0.1) is 0 Å². The Morgan fingerprint density at radius 1 is 0.882 bits per heavy atom. The summed E-state index contributed by atoms with van der Waals surface area (Å²) < 4.78 is 0. The van der Waals surface area contributed by atoms with E-state index in [1.54, 1.807) is 0 Å². The molecule has 2 rings (SSSR count). The van der Waals surface area contributed by atoms with Crippen LogP contribution in [0.4, 0.5) is 0 Å². The van der Waals surface area contributed by atoms with E-state index in [0.29, 0.717) is 11.5 Å². The zero-order chi connectivity index (χ0) is 12.1. The van der Waals surface area contributed by atoms with Gasteiger partial charge in [0.1, 0.15) is 6.04 Å². The van der Waals surface area contributed by atoms with Crippen molar-refractivity contribution in [2.45, 2.75) is 6.04 Å². The molecule has 0 saturated carbocycles. The van der Waals surface area contributed by atoms with Gasteiger partial charge in [-0.1, -0.05) is 60.7 Å². The lowest BCUT2D eigenvalue weighted by Crippen LogP contribution is -2.24. The molecule has 0 bridgehead atoms. The van der Waals surface area contributed by atoms with Crippen molar-refractivity contribution in [3.63, 3.8) is 0 Å². The normalized spacial score (nSPS) is 10.2. The van der Waals surface area contributed by atoms with Gasteiger partial charge in [-0.25, -0.2) is 5.06 Å². The summed E-state index contributed by atoms with van der Waals surface area (Å²) in [5.41, 5.74) is 1.74. The lowest BCUT2D eigenvalue weighted by Gasteiger charge is -2.23. The summed E-state index contributed by atoms with van der Waals surface area (Å²) in [5.74, 6) is 0. The highest BCUT2D eigenvalue weighted by molar-refractivity contribution is 5.49. The molecule has 1 N–H and O–H groups in total. The van der Waals surface area contributed by atoms with Gasteiger partial charge in [-0.3, -0.25) is 10.0 Å². The van der Waals surface area contributed by atoms with Crippen LogP contribution in [-0.2, 0) is 4.79 Å². The molecule has 17 heavy (non-hydrogen) atoms. The summed E-state index contributed by atoms with van der Waals surface area (Å²) >= 11 is 0. The molecular formula is C14H13NO2. The summed E-state index contributed by atoms with van der Waals surface area (Å²) in [7, 11) is 0. The number of carbonyl (C=O) groups is 1. The summed E-state index contributed by atoms with van der Waals surface area (Å²) in [5, 5.41) is 10.4. The Kier molecular flexibility index (Phi) is 3.52. The summed E-state index contributed by atoms with van der Waals surface area (Å²) in [4.78, 5) is 10.8. The molecular weight excluding hydrogens is 214 g/mol. The molecule has 0 atom stereocenters. The Bertz CT molecular complexity index is 431. The fraction of sp³-hybridized carbons (Fsp3) is 0.0714. The number of nitrogens with zero attached hydrogens (tertiary/aromatic N) is 1. The third-order valence-electron chi connectivity index (χ3n) is 2.60. The minimum atomic E-state index is -0.463.